The second kappa shape index (κ2) is 4.96. The van der Waals surface area contributed by atoms with Crippen LogP contribution >= 0.6 is 0 Å². The molecule has 0 bridgehead atoms. The zero-order valence-electron chi connectivity index (χ0n) is 9.94. The maximum Gasteiger partial charge on any atom is 0.279 e. The highest BCUT2D eigenvalue weighted by atomic mass is 32.2. The molecule has 0 saturated carbocycles. The van der Waals surface area contributed by atoms with E-state index in [-0.39, 0.29) is 10.7 Å². The summed E-state index contributed by atoms with van der Waals surface area (Å²) in [5.74, 6) is -1.27. The Balaban J connectivity index is 2.30. The molecule has 5 nitrogen and oxygen atoms in total. The normalized spacial score (nSPS) is 11.5. The van der Waals surface area contributed by atoms with Crippen LogP contribution in [-0.2, 0) is 16.4 Å². The van der Waals surface area contributed by atoms with E-state index in [0.717, 1.165) is 18.3 Å². The van der Waals surface area contributed by atoms with Crippen LogP contribution in [0.25, 0.3) is 0 Å². The Labute approximate surface area is 108 Å². The molecule has 102 valence electrons. The maximum absolute atomic E-state index is 13.4. The monoisotopic (exact) mass is 287 g/mol. The molecule has 0 aliphatic carbocycles. The lowest BCUT2D eigenvalue weighted by molar-refractivity contribution is 0.582. The van der Waals surface area contributed by atoms with Gasteiger partial charge >= 0.3 is 0 Å². The molecule has 0 radical (unpaired) electrons. The molecular weight excluding hydrogens is 276 g/mol. The van der Waals surface area contributed by atoms with Crippen LogP contribution in [0.5, 0.6) is 0 Å². The van der Waals surface area contributed by atoms with Gasteiger partial charge in [0.15, 0.2) is 5.03 Å². The molecule has 8 heteroatoms. The number of halogens is 2. The van der Waals surface area contributed by atoms with E-state index in [9.17, 15) is 17.2 Å². The van der Waals surface area contributed by atoms with Crippen molar-refractivity contribution in [2.24, 2.45) is 0 Å². The predicted molar refractivity (Wildman–Crippen MR) is 65.1 cm³/mol. The summed E-state index contributed by atoms with van der Waals surface area (Å²) in [6, 6.07) is 2.58. The molecule has 0 aliphatic heterocycles. The van der Waals surface area contributed by atoms with Crippen molar-refractivity contribution in [3.63, 3.8) is 0 Å². The molecule has 0 aliphatic rings. The minimum Gasteiger partial charge on any atom is -0.332 e. The topological polar surface area (TPSA) is 74.8 Å². The molecule has 1 heterocycles. The van der Waals surface area contributed by atoms with Crippen LogP contribution in [0, 0.1) is 11.6 Å². The lowest BCUT2D eigenvalue weighted by Crippen LogP contribution is -2.14. The highest BCUT2D eigenvalue weighted by Gasteiger charge is 2.19. The Kier molecular flexibility index (Phi) is 3.52. The minimum absolute atomic E-state index is 0.173. The summed E-state index contributed by atoms with van der Waals surface area (Å²) in [6.07, 6.45) is 1.68. The summed E-state index contributed by atoms with van der Waals surface area (Å²) in [4.78, 5) is 6.45. The molecule has 2 rings (SSSR count). The standard InChI is InChI=1S/C11H11F2N3O2S/c1-2-10-14-6-11(15-10)19(17,18)16-9-4-3-7(12)5-8(9)13/h3-6,16H,2H2,1H3,(H,14,15). The van der Waals surface area contributed by atoms with Crippen molar-refractivity contribution in [1.29, 1.82) is 0 Å². The Bertz CT molecular complexity index is 698. The highest BCUT2D eigenvalue weighted by molar-refractivity contribution is 7.92. The lowest BCUT2D eigenvalue weighted by atomic mass is 10.3. The molecule has 0 spiro atoms. The van der Waals surface area contributed by atoms with Crippen molar-refractivity contribution in [1.82, 2.24) is 9.97 Å². The number of aromatic amines is 1. The van der Waals surface area contributed by atoms with Crippen molar-refractivity contribution in [2.75, 3.05) is 4.72 Å². The third kappa shape index (κ3) is 2.90. The second-order valence-corrected chi connectivity index (χ2v) is 5.43. The average Bonchev–Trinajstić information content (AvgIpc) is 2.82. The van der Waals surface area contributed by atoms with Gasteiger partial charge in [0.05, 0.1) is 11.9 Å². The van der Waals surface area contributed by atoms with Gasteiger partial charge in [-0.1, -0.05) is 6.92 Å². The first-order valence-electron chi connectivity index (χ1n) is 5.44. The molecule has 1 aromatic heterocycles. The second-order valence-electron chi connectivity index (χ2n) is 3.78. The average molecular weight is 287 g/mol. The summed E-state index contributed by atoms with van der Waals surface area (Å²) >= 11 is 0. The molecular formula is C11H11F2N3O2S. The van der Waals surface area contributed by atoms with Crippen LogP contribution in [0.4, 0.5) is 14.5 Å². The Morgan fingerprint density at radius 1 is 1.37 bits per heavy atom. The van der Waals surface area contributed by atoms with E-state index in [4.69, 9.17) is 0 Å². The highest BCUT2D eigenvalue weighted by Crippen LogP contribution is 2.19. The van der Waals surface area contributed by atoms with E-state index in [1.54, 1.807) is 0 Å². The molecule has 0 atom stereocenters. The number of benzene rings is 1. The van der Waals surface area contributed by atoms with Gasteiger partial charge in [0.1, 0.15) is 17.5 Å². The summed E-state index contributed by atoms with van der Waals surface area (Å²) in [5, 5.41) is -0.173. The van der Waals surface area contributed by atoms with Gasteiger partial charge in [-0.2, -0.15) is 8.42 Å². The quantitative estimate of drug-likeness (QED) is 0.903. The van der Waals surface area contributed by atoms with Gasteiger partial charge in [-0.05, 0) is 12.1 Å². The van der Waals surface area contributed by atoms with E-state index in [0.29, 0.717) is 18.3 Å². The van der Waals surface area contributed by atoms with Crippen LogP contribution < -0.4 is 4.72 Å². The zero-order valence-corrected chi connectivity index (χ0v) is 10.8. The number of nitrogens with zero attached hydrogens (tertiary/aromatic N) is 1. The first kappa shape index (κ1) is 13.5. The van der Waals surface area contributed by atoms with E-state index in [1.165, 1.54) is 0 Å². The van der Waals surface area contributed by atoms with Crippen LogP contribution in [0.1, 0.15) is 12.7 Å². The van der Waals surface area contributed by atoms with E-state index >= 15 is 0 Å². The van der Waals surface area contributed by atoms with Crippen molar-refractivity contribution in [3.05, 3.63) is 41.9 Å². The SMILES string of the molecule is CCc1ncc(S(=O)(=O)Nc2ccc(F)cc2F)[nH]1. The summed E-state index contributed by atoms with van der Waals surface area (Å²) < 4.78 is 52.0. The summed E-state index contributed by atoms with van der Waals surface area (Å²) in [7, 11) is -3.97. The number of hydrogen-bond donors (Lipinski definition) is 2. The number of rotatable bonds is 4. The number of H-pyrrole nitrogens is 1. The third-order valence-electron chi connectivity index (χ3n) is 2.40. The molecule has 19 heavy (non-hydrogen) atoms. The van der Waals surface area contributed by atoms with E-state index < -0.39 is 21.7 Å². The Morgan fingerprint density at radius 2 is 2.11 bits per heavy atom. The number of imidazole rings is 1. The fraction of sp³-hybridized carbons (Fsp3) is 0.182. The van der Waals surface area contributed by atoms with Crippen molar-refractivity contribution < 1.29 is 17.2 Å². The van der Waals surface area contributed by atoms with Crippen LogP contribution in [-0.4, -0.2) is 18.4 Å². The molecule has 0 amide bonds. The van der Waals surface area contributed by atoms with Gasteiger partial charge in [0.25, 0.3) is 10.0 Å². The largest absolute Gasteiger partial charge is 0.332 e. The number of aryl methyl sites for hydroxylation is 1. The molecule has 2 aromatic rings. The first-order valence-corrected chi connectivity index (χ1v) is 6.92. The Morgan fingerprint density at radius 3 is 2.68 bits per heavy atom. The number of hydrogen-bond acceptors (Lipinski definition) is 3. The van der Waals surface area contributed by atoms with Crippen LogP contribution in [0.3, 0.4) is 0 Å². The number of anilines is 1. The molecule has 2 N–H and O–H groups in total. The van der Waals surface area contributed by atoms with Crippen molar-refractivity contribution in [2.45, 2.75) is 18.4 Å². The molecule has 0 unspecified atom stereocenters. The molecule has 1 aromatic carbocycles. The van der Waals surface area contributed by atoms with Crippen molar-refractivity contribution in [3.8, 4) is 0 Å². The summed E-state index contributed by atoms with van der Waals surface area (Å²) in [6.45, 7) is 1.81. The van der Waals surface area contributed by atoms with Gasteiger partial charge in [-0.3, -0.25) is 4.72 Å². The van der Waals surface area contributed by atoms with Gasteiger partial charge in [-0.25, -0.2) is 13.8 Å². The fourth-order valence-electron chi connectivity index (χ4n) is 1.43. The Hall–Kier alpha value is -1.96. The van der Waals surface area contributed by atoms with E-state index in [2.05, 4.69) is 9.97 Å². The first-order chi connectivity index (χ1) is 8.92. The van der Waals surface area contributed by atoms with Crippen LogP contribution in [0.15, 0.2) is 29.4 Å². The number of nitrogens with one attached hydrogen (secondary N) is 2. The molecule has 0 saturated heterocycles. The lowest BCUT2D eigenvalue weighted by Gasteiger charge is -2.07. The maximum atomic E-state index is 13.4. The van der Waals surface area contributed by atoms with Crippen molar-refractivity contribution >= 4 is 15.7 Å². The van der Waals surface area contributed by atoms with Crippen LogP contribution in [0.2, 0.25) is 0 Å². The van der Waals surface area contributed by atoms with E-state index in [1.807, 2.05) is 11.6 Å². The summed E-state index contributed by atoms with van der Waals surface area (Å²) in [5.41, 5.74) is -0.325. The van der Waals surface area contributed by atoms with Gasteiger partial charge in [0, 0.05) is 12.5 Å². The minimum atomic E-state index is -3.97. The zero-order chi connectivity index (χ0) is 14.0. The number of sulfonamides is 1. The number of aromatic nitrogens is 2. The van der Waals surface area contributed by atoms with Gasteiger partial charge < -0.3 is 4.98 Å². The third-order valence-corrected chi connectivity index (χ3v) is 3.68. The van der Waals surface area contributed by atoms with Gasteiger partial charge in [0.2, 0.25) is 0 Å². The smallest absolute Gasteiger partial charge is 0.279 e. The molecule has 0 fully saturated rings. The predicted octanol–water partition coefficient (Wildman–Crippen LogP) is 2.05. The fourth-order valence-corrected chi connectivity index (χ4v) is 2.44. The van der Waals surface area contributed by atoms with Gasteiger partial charge in [-0.15, -0.1) is 0 Å².